The summed E-state index contributed by atoms with van der Waals surface area (Å²) in [6.45, 7) is 7.25. The van der Waals surface area contributed by atoms with Gasteiger partial charge in [0.05, 0.1) is 6.54 Å². The number of likely N-dealkylation sites (tertiary alicyclic amines) is 2. The molecule has 2 saturated heterocycles. The second kappa shape index (κ2) is 7.40. The van der Waals surface area contributed by atoms with Gasteiger partial charge in [-0.25, -0.2) is 0 Å². The summed E-state index contributed by atoms with van der Waals surface area (Å²) in [7, 11) is 0. The summed E-state index contributed by atoms with van der Waals surface area (Å²) in [5.74, 6) is 2.32. The van der Waals surface area contributed by atoms with E-state index >= 15 is 0 Å². The van der Waals surface area contributed by atoms with Crippen molar-refractivity contribution in [2.75, 3.05) is 32.8 Å². The summed E-state index contributed by atoms with van der Waals surface area (Å²) >= 11 is 0. The lowest BCUT2D eigenvalue weighted by molar-refractivity contribution is -0.135. The van der Waals surface area contributed by atoms with E-state index in [0.29, 0.717) is 19.0 Å². The first kappa shape index (κ1) is 16.4. The fourth-order valence-electron chi connectivity index (χ4n) is 3.74. The van der Waals surface area contributed by atoms with Gasteiger partial charge in [0.2, 0.25) is 5.91 Å². The molecule has 0 aromatic carbocycles. The fourth-order valence-corrected chi connectivity index (χ4v) is 3.74. The van der Waals surface area contributed by atoms with Gasteiger partial charge in [-0.3, -0.25) is 9.69 Å². The molecule has 128 valence electrons. The highest BCUT2D eigenvalue weighted by atomic mass is 16.3. The van der Waals surface area contributed by atoms with Crippen LogP contribution in [0.3, 0.4) is 0 Å². The van der Waals surface area contributed by atoms with E-state index in [4.69, 9.17) is 5.11 Å². The number of rotatable bonds is 5. The molecule has 7 heteroatoms. The average molecular weight is 321 g/mol. The summed E-state index contributed by atoms with van der Waals surface area (Å²) in [6.07, 6.45) is 4.36. The largest absolute Gasteiger partial charge is 0.387 e. The van der Waals surface area contributed by atoms with Crippen LogP contribution in [0.5, 0.6) is 0 Å². The lowest BCUT2D eigenvalue weighted by atomic mass is 9.96. The lowest BCUT2D eigenvalue weighted by Gasteiger charge is -2.31. The lowest BCUT2D eigenvalue weighted by Crippen LogP contribution is -2.39. The second-order valence-corrected chi connectivity index (χ2v) is 6.52. The Morgan fingerprint density at radius 3 is 2.48 bits per heavy atom. The molecule has 2 fully saturated rings. The Bertz CT molecular complexity index is 531. The number of hydrogen-bond acceptors (Lipinski definition) is 5. The van der Waals surface area contributed by atoms with Crippen LogP contribution in [-0.4, -0.2) is 68.4 Å². The van der Waals surface area contributed by atoms with Crippen molar-refractivity contribution >= 4 is 5.91 Å². The van der Waals surface area contributed by atoms with Crippen molar-refractivity contribution in [2.24, 2.45) is 0 Å². The Kier molecular flexibility index (Phi) is 5.27. The Balaban J connectivity index is 1.66. The molecule has 3 heterocycles. The minimum Gasteiger partial charge on any atom is -0.387 e. The van der Waals surface area contributed by atoms with Crippen LogP contribution in [0.4, 0.5) is 0 Å². The molecule has 23 heavy (non-hydrogen) atoms. The van der Waals surface area contributed by atoms with Gasteiger partial charge in [0, 0.05) is 25.6 Å². The van der Waals surface area contributed by atoms with Crippen molar-refractivity contribution in [3.05, 3.63) is 11.6 Å². The molecule has 7 nitrogen and oxygen atoms in total. The van der Waals surface area contributed by atoms with Crippen molar-refractivity contribution in [2.45, 2.75) is 51.6 Å². The number of aromatic nitrogens is 3. The standard InChI is InChI=1S/C16H27N5O2/c1-2-21-14(11-19-7-3-4-8-19)17-18-16(21)13-5-9-20(10-6-13)15(23)12-22/h13,22H,2-12H2,1H3. The van der Waals surface area contributed by atoms with Gasteiger partial charge >= 0.3 is 0 Å². The van der Waals surface area contributed by atoms with E-state index in [2.05, 4.69) is 26.6 Å². The van der Waals surface area contributed by atoms with Gasteiger partial charge < -0.3 is 14.6 Å². The Labute approximate surface area is 137 Å². The summed E-state index contributed by atoms with van der Waals surface area (Å²) in [5, 5.41) is 17.9. The van der Waals surface area contributed by atoms with Crippen LogP contribution >= 0.6 is 0 Å². The van der Waals surface area contributed by atoms with Crippen LogP contribution in [0.25, 0.3) is 0 Å². The molecule has 1 aromatic heterocycles. The summed E-state index contributed by atoms with van der Waals surface area (Å²) < 4.78 is 2.26. The summed E-state index contributed by atoms with van der Waals surface area (Å²) in [4.78, 5) is 15.8. The van der Waals surface area contributed by atoms with Gasteiger partial charge in [0.1, 0.15) is 18.3 Å². The predicted molar refractivity (Wildman–Crippen MR) is 85.8 cm³/mol. The zero-order valence-corrected chi connectivity index (χ0v) is 13.9. The van der Waals surface area contributed by atoms with Crippen molar-refractivity contribution < 1.29 is 9.90 Å². The molecule has 0 aliphatic carbocycles. The number of carbonyl (C=O) groups excluding carboxylic acids is 1. The number of hydrogen-bond donors (Lipinski definition) is 1. The number of nitrogens with zero attached hydrogens (tertiary/aromatic N) is 5. The van der Waals surface area contributed by atoms with Gasteiger partial charge in [0.15, 0.2) is 0 Å². The van der Waals surface area contributed by atoms with Gasteiger partial charge in [-0.05, 0) is 45.7 Å². The molecular formula is C16H27N5O2. The third kappa shape index (κ3) is 3.55. The first-order chi connectivity index (χ1) is 11.2. The minimum absolute atomic E-state index is 0.171. The third-order valence-corrected chi connectivity index (χ3v) is 5.08. The number of carbonyl (C=O) groups is 1. The topological polar surface area (TPSA) is 74.5 Å². The average Bonchev–Trinajstić information content (AvgIpc) is 3.24. The van der Waals surface area contributed by atoms with E-state index < -0.39 is 6.61 Å². The summed E-state index contributed by atoms with van der Waals surface area (Å²) in [5.41, 5.74) is 0. The molecule has 3 rings (SSSR count). The van der Waals surface area contributed by atoms with Crippen LogP contribution in [0.1, 0.15) is 50.2 Å². The van der Waals surface area contributed by atoms with Crippen molar-refractivity contribution in [1.29, 1.82) is 0 Å². The van der Waals surface area contributed by atoms with E-state index in [1.54, 1.807) is 4.90 Å². The highest BCUT2D eigenvalue weighted by molar-refractivity contribution is 5.77. The quantitative estimate of drug-likeness (QED) is 0.859. The van der Waals surface area contributed by atoms with Gasteiger partial charge in [-0.1, -0.05) is 0 Å². The minimum atomic E-state index is -0.393. The van der Waals surface area contributed by atoms with Crippen molar-refractivity contribution in [3.63, 3.8) is 0 Å². The highest BCUT2D eigenvalue weighted by Crippen LogP contribution is 2.27. The van der Waals surface area contributed by atoms with E-state index in [1.807, 2.05) is 0 Å². The molecule has 0 spiro atoms. The molecule has 1 aromatic rings. The van der Waals surface area contributed by atoms with Crippen LogP contribution in [-0.2, 0) is 17.9 Å². The van der Waals surface area contributed by atoms with E-state index in [1.165, 1.54) is 12.8 Å². The maximum absolute atomic E-state index is 11.6. The Morgan fingerprint density at radius 1 is 1.17 bits per heavy atom. The maximum Gasteiger partial charge on any atom is 0.248 e. The Morgan fingerprint density at radius 2 is 1.87 bits per heavy atom. The normalized spacial score (nSPS) is 20.3. The molecule has 2 aliphatic rings. The Hall–Kier alpha value is -1.47. The van der Waals surface area contributed by atoms with Gasteiger partial charge in [-0.2, -0.15) is 0 Å². The van der Waals surface area contributed by atoms with E-state index in [0.717, 1.165) is 50.7 Å². The molecule has 0 atom stereocenters. The van der Waals surface area contributed by atoms with Crippen LogP contribution < -0.4 is 0 Å². The zero-order chi connectivity index (χ0) is 16.2. The van der Waals surface area contributed by atoms with E-state index in [9.17, 15) is 4.79 Å². The number of amides is 1. The smallest absolute Gasteiger partial charge is 0.248 e. The molecule has 0 radical (unpaired) electrons. The number of aliphatic hydroxyl groups excluding tert-OH is 1. The third-order valence-electron chi connectivity index (χ3n) is 5.08. The zero-order valence-electron chi connectivity index (χ0n) is 13.9. The molecule has 0 saturated carbocycles. The monoisotopic (exact) mass is 321 g/mol. The molecule has 2 aliphatic heterocycles. The van der Waals surface area contributed by atoms with Crippen LogP contribution in [0.2, 0.25) is 0 Å². The van der Waals surface area contributed by atoms with Gasteiger partial charge in [0.25, 0.3) is 0 Å². The predicted octanol–water partition coefficient (Wildman–Crippen LogP) is 0.592. The fraction of sp³-hybridized carbons (Fsp3) is 0.812. The van der Waals surface area contributed by atoms with Gasteiger partial charge in [-0.15, -0.1) is 10.2 Å². The highest BCUT2D eigenvalue weighted by Gasteiger charge is 2.28. The van der Waals surface area contributed by atoms with Crippen LogP contribution in [0, 0.1) is 0 Å². The SMILES string of the molecule is CCn1c(CN2CCCC2)nnc1C1CCN(C(=O)CO)CC1. The molecule has 0 unspecified atom stereocenters. The molecular weight excluding hydrogens is 294 g/mol. The number of piperidine rings is 1. The number of aliphatic hydroxyl groups is 1. The first-order valence-corrected chi connectivity index (χ1v) is 8.76. The van der Waals surface area contributed by atoms with Crippen molar-refractivity contribution in [3.8, 4) is 0 Å². The van der Waals surface area contributed by atoms with Crippen LogP contribution in [0.15, 0.2) is 0 Å². The molecule has 1 N–H and O–H groups in total. The maximum atomic E-state index is 11.6. The molecule has 0 bridgehead atoms. The molecule has 1 amide bonds. The van der Waals surface area contributed by atoms with Crippen molar-refractivity contribution in [1.82, 2.24) is 24.6 Å². The second-order valence-electron chi connectivity index (χ2n) is 6.52. The summed E-state index contributed by atoms with van der Waals surface area (Å²) in [6, 6.07) is 0. The first-order valence-electron chi connectivity index (χ1n) is 8.76. The van der Waals surface area contributed by atoms with E-state index in [-0.39, 0.29) is 5.91 Å².